The minimum atomic E-state index is -0.539. The molecule has 0 saturated heterocycles. The Labute approximate surface area is 150 Å². The summed E-state index contributed by atoms with van der Waals surface area (Å²) in [4.78, 5) is 32.4. The number of aryl methyl sites for hydroxylation is 2. The Bertz CT molecular complexity index is 846. The molecule has 25 heavy (non-hydrogen) atoms. The lowest BCUT2D eigenvalue weighted by atomic mass is 10.1. The average Bonchev–Trinajstić information content (AvgIpc) is 2.58. The molecule has 2 aromatic rings. The zero-order chi connectivity index (χ0) is 19.1. The van der Waals surface area contributed by atoms with Crippen LogP contribution in [0.2, 0.25) is 5.02 Å². The first-order valence-electron chi connectivity index (χ1n) is 7.87. The van der Waals surface area contributed by atoms with E-state index in [1.807, 2.05) is 0 Å². The van der Waals surface area contributed by atoms with Gasteiger partial charge in [-0.25, -0.2) is 0 Å². The highest BCUT2D eigenvalue weighted by molar-refractivity contribution is 6.33. The molecule has 0 spiro atoms. The van der Waals surface area contributed by atoms with Crippen LogP contribution in [0, 0.1) is 17.0 Å². The van der Waals surface area contributed by atoms with E-state index in [0.717, 1.165) is 12.8 Å². The van der Waals surface area contributed by atoms with Gasteiger partial charge in [-0.15, -0.1) is 0 Å². The van der Waals surface area contributed by atoms with Crippen molar-refractivity contribution in [1.82, 2.24) is 9.88 Å². The maximum atomic E-state index is 11.7. The van der Waals surface area contributed by atoms with Gasteiger partial charge in [0.1, 0.15) is 5.02 Å². The van der Waals surface area contributed by atoms with Crippen LogP contribution in [0.15, 0.2) is 23.0 Å². The first-order chi connectivity index (χ1) is 11.7. The molecule has 1 heterocycles. The van der Waals surface area contributed by atoms with Gasteiger partial charge in [-0.05, 0) is 25.5 Å². The van der Waals surface area contributed by atoms with Crippen LogP contribution >= 0.6 is 11.6 Å². The van der Waals surface area contributed by atoms with Gasteiger partial charge < -0.3 is 9.88 Å². The Morgan fingerprint density at radius 1 is 1.36 bits per heavy atom. The molecule has 7 nitrogen and oxygen atoms in total. The monoisotopic (exact) mass is 367 g/mol. The second-order valence-electron chi connectivity index (χ2n) is 5.59. The summed E-state index contributed by atoms with van der Waals surface area (Å²) in [6.45, 7) is 3.74. The van der Waals surface area contributed by atoms with E-state index in [9.17, 15) is 19.7 Å². The quantitative estimate of drug-likeness (QED) is 0.662. The summed E-state index contributed by atoms with van der Waals surface area (Å²) < 4.78 is 1.43. The molecular weight excluding hydrogens is 346 g/mol. The van der Waals surface area contributed by atoms with Crippen molar-refractivity contribution in [2.24, 2.45) is 7.05 Å². The maximum Gasteiger partial charge on any atom is 0.288 e. The number of carbonyl (C=O) groups excluding carboxylic acids is 1. The van der Waals surface area contributed by atoms with E-state index in [1.54, 1.807) is 27.1 Å². The minimum absolute atomic E-state index is 0.0290. The van der Waals surface area contributed by atoms with Crippen molar-refractivity contribution in [2.75, 3.05) is 7.05 Å². The van der Waals surface area contributed by atoms with Gasteiger partial charge in [0.25, 0.3) is 11.2 Å². The molecule has 1 aromatic carbocycles. The van der Waals surface area contributed by atoms with Crippen LogP contribution in [0.1, 0.15) is 31.7 Å². The standard InChI is InChI=1S/C11H9ClN2O3.C6H13NO/c1-6-3-7-4-10(14(16)17)8(12)5-9(7)13(2)11(6)15;1-3-4-5-6(8)7-2/h3-5H,1-2H3;3-5H2,1-2H3,(H,7,8). The molecule has 0 fully saturated rings. The van der Waals surface area contributed by atoms with E-state index in [-0.39, 0.29) is 22.2 Å². The molecule has 0 unspecified atom stereocenters. The highest BCUT2D eigenvalue weighted by Crippen LogP contribution is 2.29. The molecule has 1 amide bonds. The van der Waals surface area contributed by atoms with Gasteiger partial charge in [-0.1, -0.05) is 24.9 Å². The van der Waals surface area contributed by atoms with E-state index in [1.165, 1.54) is 16.7 Å². The molecule has 2 rings (SSSR count). The van der Waals surface area contributed by atoms with Crippen molar-refractivity contribution in [3.63, 3.8) is 0 Å². The molecule has 1 aromatic heterocycles. The molecule has 136 valence electrons. The summed E-state index contributed by atoms with van der Waals surface area (Å²) in [5.74, 6) is 0.145. The normalized spacial score (nSPS) is 10.1. The number of fused-ring (bicyclic) bond motifs is 1. The number of pyridine rings is 1. The summed E-state index contributed by atoms with van der Waals surface area (Å²) in [7, 11) is 3.28. The number of rotatable bonds is 4. The maximum absolute atomic E-state index is 11.7. The van der Waals surface area contributed by atoms with Crippen molar-refractivity contribution in [3.8, 4) is 0 Å². The van der Waals surface area contributed by atoms with E-state index < -0.39 is 4.92 Å². The summed E-state index contributed by atoms with van der Waals surface area (Å²) in [6, 6.07) is 4.45. The van der Waals surface area contributed by atoms with Crippen LogP contribution in [-0.2, 0) is 11.8 Å². The van der Waals surface area contributed by atoms with Crippen LogP contribution in [0.25, 0.3) is 10.9 Å². The zero-order valence-corrected chi connectivity index (χ0v) is 15.5. The smallest absolute Gasteiger partial charge is 0.288 e. The Balaban J connectivity index is 0.000000333. The van der Waals surface area contributed by atoms with Crippen LogP contribution in [0.5, 0.6) is 0 Å². The number of nitrogens with zero attached hydrogens (tertiary/aromatic N) is 2. The molecule has 1 N–H and O–H groups in total. The first-order valence-corrected chi connectivity index (χ1v) is 8.25. The van der Waals surface area contributed by atoms with Gasteiger partial charge in [-0.3, -0.25) is 19.7 Å². The lowest BCUT2D eigenvalue weighted by Gasteiger charge is -2.07. The van der Waals surface area contributed by atoms with Crippen LogP contribution in [-0.4, -0.2) is 22.4 Å². The van der Waals surface area contributed by atoms with Gasteiger partial charge >= 0.3 is 0 Å². The van der Waals surface area contributed by atoms with E-state index >= 15 is 0 Å². The summed E-state index contributed by atoms with van der Waals surface area (Å²) in [5, 5.41) is 14.0. The Hall–Kier alpha value is -2.41. The van der Waals surface area contributed by atoms with Gasteiger partial charge in [0.15, 0.2) is 0 Å². The Morgan fingerprint density at radius 3 is 2.52 bits per heavy atom. The SMILES string of the molecule is CCCCC(=O)NC.Cc1cc2cc([N+](=O)[O-])c(Cl)cc2n(C)c1=O. The van der Waals surface area contributed by atoms with Gasteiger partial charge in [-0.2, -0.15) is 0 Å². The number of amides is 1. The predicted molar refractivity (Wildman–Crippen MR) is 99.2 cm³/mol. The number of hydrogen-bond acceptors (Lipinski definition) is 4. The third-order valence-electron chi connectivity index (χ3n) is 3.70. The van der Waals surface area contributed by atoms with Crippen molar-refractivity contribution < 1.29 is 9.72 Å². The number of nitro benzene ring substituents is 1. The zero-order valence-electron chi connectivity index (χ0n) is 14.8. The number of aromatic nitrogens is 1. The van der Waals surface area contributed by atoms with E-state index in [4.69, 9.17) is 11.6 Å². The van der Waals surface area contributed by atoms with E-state index in [2.05, 4.69) is 12.2 Å². The predicted octanol–water partition coefficient (Wildman–Crippen LogP) is 3.33. The van der Waals surface area contributed by atoms with Gasteiger partial charge in [0.2, 0.25) is 5.91 Å². The molecule has 0 aliphatic carbocycles. The Kier molecular flexibility index (Phi) is 7.57. The molecule has 0 radical (unpaired) electrons. The Morgan fingerprint density at radius 2 is 2.00 bits per heavy atom. The molecule has 0 aliphatic heterocycles. The molecule has 8 heteroatoms. The second kappa shape index (κ2) is 9.17. The number of halogens is 1. The topological polar surface area (TPSA) is 94.2 Å². The fraction of sp³-hybridized carbons (Fsp3) is 0.412. The summed E-state index contributed by atoms with van der Waals surface area (Å²) in [6.07, 6.45) is 2.76. The third kappa shape index (κ3) is 5.29. The first kappa shape index (κ1) is 20.6. The highest BCUT2D eigenvalue weighted by Gasteiger charge is 2.15. The number of nitro groups is 1. The lowest BCUT2D eigenvalue weighted by Crippen LogP contribution is -2.19. The number of hydrogen-bond donors (Lipinski definition) is 1. The van der Waals surface area contributed by atoms with Gasteiger partial charge in [0, 0.05) is 37.5 Å². The third-order valence-corrected chi connectivity index (χ3v) is 4.01. The van der Waals surface area contributed by atoms with Crippen LogP contribution in [0.4, 0.5) is 5.69 Å². The van der Waals surface area contributed by atoms with Crippen molar-refractivity contribution >= 4 is 34.1 Å². The summed E-state index contributed by atoms with van der Waals surface area (Å²) >= 11 is 5.81. The number of nitrogens with one attached hydrogen (secondary N) is 1. The average molecular weight is 368 g/mol. The lowest BCUT2D eigenvalue weighted by molar-refractivity contribution is -0.384. The largest absolute Gasteiger partial charge is 0.359 e. The number of unbranched alkanes of at least 4 members (excludes halogenated alkanes) is 1. The number of carbonyl (C=O) groups is 1. The molecule has 0 atom stereocenters. The van der Waals surface area contributed by atoms with Crippen LogP contribution < -0.4 is 10.9 Å². The molecule has 0 saturated carbocycles. The summed E-state index contributed by atoms with van der Waals surface area (Å²) in [5.41, 5.74) is 0.826. The van der Waals surface area contributed by atoms with Crippen molar-refractivity contribution in [2.45, 2.75) is 33.1 Å². The molecule has 0 aliphatic rings. The van der Waals surface area contributed by atoms with Crippen molar-refractivity contribution in [1.29, 1.82) is 0 Å². The highest BCUT2D eigenvalue weighted by atomic mass is 35.5. The van der Waals surface area contributed by atoms with Crippen LogP contribution in [0.3, 0.4) is 0 Å². The molecular formula is C17H22ClN3O4. The minimum Gasteiger partial charge on any atom is -0.359 e. The fourth-order valence-electron chi connectivity index (χ4n) is 2.24. The second-order valence-corrected chi connectivity index (χ2v) is 5.99. The van der Waals surface area contributed by atoms with E-state index in [0.29, 0.717) is 22.9 Å². The fourth-order valence-corrected chi connectivity index (χ4v) is 2.47. The number of benzene rings is 1. The van der Waals surface area contributed by atoms with Crippen molar-refractivity contribution in [3.05, 3.63) is 49.3 Å². The molecule has 0 bridgehead atoms. The van der Waals surface area contributed by atoms with Gasteiger partial charge in [0.05, 0.1) is 10.4 Å².